The van der Waals surface area contributed by atoms with Crippen LogP contribution in [0, 0.1) is 24.0 Å². The number of nitrogens with zero attached hydrogens (tertiary/aromatic N) is 5. The molecule has 1 aliphatic carbocycles. The Morgan fingerprint density at radius 1 is 1.06 bits per heavy atom. The number of hydrogen-bond donors (Lipinski definition) is 1. The first-order valence-corrected chi connectivity index (χ1v) is 11.8. The van der Waals surface area contributed by atoms with Gasteiger partial charge in [-0.05, 0) is 55.4 Å². The second kappa shape index (κ2) is 8.51. The van der Waals surface area contributed by atoms with E-state index in [1.54, 1.807) is 25.4 Å². The van der Waals surface area contributed by atoms with E-state index in [0.717, 1.165) is 12.0 Å². The lowest BCUT2D eigenvalue weighted by molar-refractivity contribution is 0.158. The Morgan fingerprint density at radius 3 is 2.44 bits per heavy atom. The van der Waals surface area contributed by atoms with Crippen LogP contribution in [0.4, 0.5) is 8.78 Å². The standard InChI is InChI=1S/C27H27F2N5O2/c1-14-10-26(3,4)27(5,22-12-30-11-20(31-22)25-32-21(13-35)15(2)36-25)24-16(14)9-19(33-34-24)23-17(28)7-6-8-18(23)29/h6-9,11-12,14,35H,10,13H2,1-5H3/t14-,27+/m1/s1. The lowest BCUT2D eigenvalue weighted by Gasteiger charge is -2.49. The number of fused-ring (bicyclic) bond motifs is 1. The summed E-state index contributed by atoms with van der Waals surface area (Å²) in [5.41, 5.74) is 2.03. The second-order valence-corrected chi connectivity index (χ2v) is 10.2. The van der Waals surface area contributed by atoms with Crippen LogP contribution >= 0.6 is 0 Å². The van der Waals surface area contributed by atoms with Crippen LogP contribution in [-0.2, 0) is 12.0 Å². The first-order chi connectivity index (χ1) is 17.1. The molecule has 3 heterocycles. The summed E-state index contributed by atoms with van der Waals surface area (Å²) in [6.45, 7) is 9.91. The van der Waals surface area contributed by atoms with E-state index >= 15 is 0 Å². The molecule has 36 heavy (non-hydrogen) atoms. The maximum absolute atomic E-state index is 14.5. The number of halogens is 2. The highest BCUT2D eigenvalue weighted by Gasteiger charge is 2.52. The van der Waals surface area contributed by atoms with E-state index in [0.29, 0.717) is 28.5 Å². The smallest absolute Gasteiger partial charge is 0.247 e. The molecule has 0 bridgehead atoms. The van der Waals surface area contributed by atoms with Gasteiger partial charge in [0, 0.05) is 6.20 Å². The maximum atomic E-state index is 14.5. The number of aliphatic hydroxyl groups is 1. The number of rotatable bonds is 4. The summed E-state index contributed by atoms with van der Waals surface area (Å²) in [7, 11) is 0. The number of benzene rings is 1. The summed E-state index contributed by atoms with van der Waals surface area (Å²) in [6, 6.07) is 5.49. The van der Waals surface area contributed by atoms with E-state index in [1.165, 1.54) is 18.2 Å². The average Bonchev–Trinajstić information content (AvgIpc) is 3.23. The van der Waals surface area contributed by atoms with Crippen molar-refractivity contribution >= 4 is 0 Å². The number of aliphatic hydroxyl groups excluding tert-OH is 1. The topological polar surface area (TPSA) is 97.8 Å². The van der Waals surface area contributed by atoms with E-state index in [-0.39, 0.29) is 35.1 Å². The summed E-state index contributed by atoms with van der Waals surface area (Å²) in [4.78, 5) is 13.6. The zero-order valence-electron chi connectivity index (χ0n) is 20.8. The van der Waals surface area contributed by atoms with Crippen LogP contribution in [0.15, 0.2) is 41.1 Å². The van der Waals surface area contributed by atoms with Gasteiger partial charge in [-0.2, -0.15) is 5.10 Å². The normalized spacial score (nSPS) is 20.8. The number of aromatic nitrogens is 5. The van der Waals surface area contributed by atoms with E-state index in [4.69, 9.17) is 9.40 Å². The van der Waals surface area contributed by atoms with Crippen molar-refractivity contribution in [3.63, 3.8) is 0 Å². The van der Waals surface area contributed by atoms with Crippen molar-refractivity contribution < 1.29 is 18.3 Å². The number of aryl methyl sites for hydroxylation is 1. The first kappa shape index (κ1) is 24.1. The first-order valence-electron chi connectivity index (χ1n) is 11.8. The minimum Gasteiger partial charge on any atom is -0.440 e. The van der Waals surface area contributed by atoms with E-state index in [2.05, 4.69) is 40.9 Å². The van der Waals surface area contributed by atoms with Crippen molar-refractivity contribution in [3.05, 3.63) is 76.7 Å². The molecule has 7 nitrogen and oxygen atoms in total. The van der Waals surface area contributed by atoms with Gasteiger partial charge in [0.2, 0.25) is 5.89 Å². The Hall–Kier alpha value is -3.59. The van der Waals surface area contributed by atoms with Gasteiger partial charge < -0.3 is 9.52 Å². The number of oxazole rings is 1. The summed E-state index contributed by atoms with van der Waals surface area (Å²) in [5, 5.41) is 18.3. The molecule has 0 amide bonds. The van der Waals surface area contributed by atoms with Crippen molar-refractivity contribution in [3.8, 4) is 22.8 Å². The third-order valence-electron chi connectivity index (χ3n) is 7.63. The molecule has 0 saturated carbocycles. The molecule has 4 aromatic rings. The molecule has 0 spiro atoms. The lowest BCUT2D eigenvalue weighted by Crippen LogP contribution is -2.47. The molecule has 5 rings (SSSR count). The zero-order chi connectivity index (χ0) is 25.8. The van der Waals surface area contributed by atoms with Crippen molar-refractivity contribution in [1.29, 1.82) is 0 Å². The van der Waals surface area contributed by atoms with Crippen LogP contribution in [0.1, 0.15) is 68.4 Å². The summed E-state index contributed by atoms with van der Waals surface area (Å²) >= 11 is 0. The van der Waals surface area contributed by atoms with Crippen LogP contribution in [0.2, 0.25) is 0 Å². The van der Waals surface area contributed by atoms with Gasteiger partial charge >= 0.3 is 0 Å². The van der Waals surface area contributed by atoms with Crippen LogP contribution < -0.4 is 0 Å². The van der Waals surface area contributed by atoms with Crippen molar-refractivity contribution in [2.75, 3.05) is 0 Å². The van der Waals surface area contributed by atoms with Gasteiger partial charge in [-0.15, -0.1) is 5.10 Å². The van der Waals surface area contributed by atoms with E-state index in [9.17, 15) is 13.9 Å². The Labute approximate surface area is 207 Å². The minimum absolute atomic E-state index is 0.0739. The van der Waals surface area contributed by atoms with Crippen molar-refractivity contribution in [2.45, 2.75) is 59.0 Å². The third kappa shape index (κ3) is 3.61. The summed E-state index contributed by atoms with van der Waals surface area (Å²) in [6.07, 6.45) is 4.04. The highest BCUT2D eigenvalue weighted by Crippen LogP contribution is 2.56. The molecule has 2 atom stereocenters. The molecule has 0 aliphatic heterocycles. The fraction of sp³-hybridized carbons (Fsp3) is 0.370. The molecule has 0 radical (unpaired) electrons. The Bertz CT molecular complexity index is 1450. The summed E-state index contributed by atoms with van der Waals surface area (Å²) < 4.78 is 34.7. The fourth-order valence-corrected chi connectivity index (χ4v) is 5.30. The quantitative estimate of drug-likeness (QED) is 0.402. The zero-order valence-corrected chi connectivity index (χ0v) is 20.8. The highest BCUT2D eigenvalue weighted by atomic mass is 19.1. The molecule has 1 N–H and O–H groups in total. The van der Waals surface area contributed by atoms with Crippen LogP contribution in [0.3, 0.4) is 0 Å². The molecular formula is C27H27F2N5O2. The molecular weight excluding hydrogens is 464 g/mol. The van der Waals surface area contributed by atoms with Gasteiger partial charge in [0.1, 0.15) is 28.8 Å². The van der Waals surface area contributed by atoms with Crippen LogP contribution in [-0.4, -0.2) is 30.3 Å². The monoisotopic (exact) mass is 491 g/mol. The van der Waals surface area contributed by atoms with Crippen LogP contribution in [0.5, 0.6) is 0 Å². The Kier molecular flexibility index (Phi) is 5.70. The molecule has 1 aliphatic rings. The summed E-state index contributed by atoms with van der Waals surface area (Å²) in [5.74, 6) is -0.504. The Morgan fingerprint density at radius 2 is 1.78 bits per heavy atom. The van der Waals surface area contributed by atoms with Gasteiger partial charge in [0.25, 0.3) is 0 Å². The second-order valence-electron chi connectivity index (χ2n) is 10.2. The number of hydrogen-bond acceptors (Lipinski definition) is 7. The molecule has 0 saturated heterocycles. The lowest BCUT2D eigenvalue weighted by atomic mass is 9.54. The molecule has 1 aromatic carbocycles. The van der Waals surface area contributed by atoms with Crippen molar-refractivity contribution in [2.24, 2.45) is 5.41 Å². The average molecular weight is 492 g/mol. The maximum Gasteiger partial charge on any atom is 0.247 e. The predicted molar refractivity (Wildman–Crippen MR) is 129 cm³/mol. The van der Waals surface area contributed by atoms with Gasteiger partial charge in [-0.3, -0.25) is 4.98 Å². The van der Waals surface area contributed by atoms with E-state index in [1.807, 2.05) is 6.92 Å². The largest absolute Gasteiger partial charge is 0.440 e. The third-order valence-corrected chi connectivity index (χ3v) is 7.63. The molecule has 3 aromatic heterocycles. The Balaban J connectivity index is 1.67. The van der Waals surface area contributed by atoms with Crippen LogP contribution in [0.25, 0.3) is 22.8 Å². The molecule has 0 unspecified atom stereocenters. The van der Waals surface area contributed by atoms with E-state index < -0.39 is 17.0 Å². The van der Waals surface area contributed by atoms with Gasteiger partial charge in [-0.25, -0.2) is 18.7 Å². The SMILES string of the molecule is Cc1oc(-c2cncc([C@@]3(C)c4nnc(-c5c(F)cccc5F)cc4[C@H](C)CC3(C)C)n2)nc1CO. The van der Waals surface area contributed by atoms with Gasteiger partial charge in [-0.1, -0.05) is 26.8 Å². The molecule has 9 heteroatoms. The van der Waals surface area contributed by atoms with Crippen molar-refractivity contribution in [1.82, 2.24) is 25.1 Å². The van der Waals surface area contributed by atoms with Gasteiger partial charge in [0.05, 0.1) is 40.9 Å². The highest BCUT2D eigenvalue weighted by molar-refractivity contribution is 5.62. The van der Waals surface area contributed by atoms with Gasteiger partial charge in [0.15, 0.2) is 0 Å². The molecule has 186 valence electrons. The fourth-order valence-electron chi connectivity index (χ4n) is 5.30. The minimum atomic E-state index is -0.724. The molecule has 0 fully saturated rings. The predicted octanol–water partition coefficient (Wildman–Crippen LogP) is 5.51.